The van der Waals surface area contributed by atoms with Crippen molar-refractivity contribution < 1.29 is 4.74 Å². The lowest BCUT2D eigenvalue weighted by molar-refractivity contribution is 0.371. The van der Waals surface area contributed by atoms with E-state index in [1.807, 2.05) is 6.07 Å². The van der Waals surface area contributed by atoms with Crippen LogP contribution < -0.4 is 21.3 Å². The molecule has 2 aliphatic rings. The summed E-state index contributed by atoms with van der Waals surface area (Å²) >= 11 is 0. The minimum absolute atomic E-state index is 0.224. The Bertz CT molecular complexity index is 1180. The van der Waals surface area contributed by atoms with Gasteiger partial charge in [-0.05, 0) is 55.0 Å². The maximum atomic E-state index is 12.8. The molecule has 150 valence electrons. The van der Waals surface area contributed by atoms with E-state index in [-0.39, 0.29) is 17.3 Å². The number of hydrogen-bond acceptors (Lipinski definition) is 5. The van der Waals surface area contributed by atoms with E-state index >= 15 is 0 Å². The first kappa shape index (κ1) is 18.1. The largest absolute Gasteiger partial charge is 0.496 e. The molecule has 0 spiro atoms. The normalized spacial score (nSPS) is 23.0. The molecule has 1 aromatic carbocycles. The SMILES string of the molecule is COc1cccc2c1CC[C@H]1CNC(CCn3c(=O)[nH]c4ccncc4c3=O)[C@@H]21. The summed E-state index contributed by atoms with van der Waals surface area (Å²) in [6, 6.07) is 8.16. The smallest absolute Gasteiger partial charge is 0.328 e. The maximum Gasteiger partial charge on any atom is 0.328 e. The molecule has 1 fully saturated rings. The lowest BCUT2D eigenvalue weighted by Gasteiger charge is -2.32. The molecule has 1 aliphatic heterocycles. The number of nitrogens with one attached hydrogen (secondary N) is 2. The quantitative estimate of drug-likeness (QED) is 0.707. The third-order valence-corrected chi connectivity index (χ3v) is 6.54. The van der Waals surface area contributed by atoms with E-state index in [4.69, 9.17) is 4.74 Å². The van der Waals surface area contributed by atoms with Gasteiger partial charge in [-0.15, -0.1) is 0 Å². The number of fused-ring (bicyclic) bond motifs is 4. The third kappa shape index (κ3) is 2.97. The summed E-state index contributed by atoms with van der Waals surface area (Å²) in [7, 11) is 1.72. The molecule has 0 amide bonds. The Morgan fingerprint density at radius 2 is 2.17 bits per heavy atom. The number of H-pyrrole nitrogens is 1. The average Bonchev–Trinajstić information content (AvgIpc) is 3.16. The van der Waals surface area contributed by atoms with Crippen LogP contribution in [0.3, 0.4) is 0 Å². The molecule has 3 atom stereocenters. The topological polar surface area (TPSA) is 89.0 Å². The summed E-state index contributed by atoms with van der Waals surface area (Å²) in [6.45, 7) is 1.35. The molecule has 29 heavy (non-hydrogen) atoms. The highest BCUT2D eigenvalue weighted by Gasteiger charge is 2.40. The Balaban J connectivity index is 1.44. The van der Waals surface area contributed by atoms with Gasteiger partial charge in [0.1, 0.15) is 5.75 Å². The van der Waals surface area contributed by atoms with Gasteiger partial charge in [0.2, 0.25) is 0 Å². The Hall–Kier alpha value is -2.93. The van der Waals surface area contributed by atoms with E-state index in [0.717, 1.165) is 25.1 Å². The van der Waals surface area contributed by atoms with Gasteiger partial charge >= 0.3 is 5.69 Å². The molecule has 5 rings (SSSR count). The number of benzene rings is 1. The molecule has 3 heterocycles. The van der Waals surface area contributed by atoms with Crippen LogP contribution in [-0.2, 0) is 13.0 Å². The second-order valence-corrected chi connectivity index (χ2v) is 7.96. The van der Waals surface area contributed by atoms with Gasteiger partial charge < -0.3 is 15.0 Å². The van der Waals surface area contributed by atoms with Gasteiger partial charge in [-0.3, -0.25) is 14.3 Å². The van der Waals surface area contributed by atoms with Crippen molar-refractivity contribution in [3.05, 3.63) is 68.6 Å². The van der Waals surface area contributed by atoms with Gasteiger partial charge in [-0.2, -0.15) is 0 Å². The van der Waals surface area contributed by atoms with Crippen molar-refractivity contribution in [3.8, 4) is 5.75 Å². The fraction of sp³-hybridized carbons (Fsp3) is 0.409. The van der Waals surface area contributed by atoms with Crippen LogP contribution in [0.4, 0.5) is 0 Å². The maximum absolute atomic E-state index is 12.8. The number of ether oxygens (including phenoxy) is 1. The molecular formula is C22H24N4O3. The fourth-order valence-corrected chi connectivity index (χ4v) is 5.17. The highest BCUT2D eigenvalue weighted by molar-refractivity contribution is 5.75. The van der Waals surface area contributed by atoms with Crippen LogP contribution in [0.1, 0.15) is 29.9 Å². The molecule has 1 saturated heterocycles. The molecular weight excluding hydrogens is 368 g/mol. The van der Waals surface area contributed by atoms with Crippen LogP contribution in [0.2, 0.25) is 0 Å². The second kappa shape index (κ2) is 7.15. The highest BCUT2D eigenvalue weighted by Crippen LogP contribution is 2.45. The van der Waals surface area contributed by atoms with Crippen LogP contribution in [0, 0.1) is 5.92 Å². The summed E-state index contributed by atoms with van der Waals surface area (Å²) in [4.78, 5) is 32.1. The van der Waals surface area contributed by atoms with E-state index in [0.29, 0.717) is 35.7 Å². The van der Waals surface area contributed by atoms with E-state index in [2.05, 4.69) is 27.4 Å². The van der Waals surface area contributed by atoms with E-state index in [9.17, 15) is 9.59 Å². The van der Waals surface area contributed by atoms with Crippen molar-refractivity contribution in [2.45, 2.75) is 37.8 Å². The Labute approximate surface area is 167 Å². The minimum Gasteiger partial charge on any atom is -0.496 e. The predicted molar refractivity (Wildman–Crippen MR) is 111 cm³/mol. The molecule has 7 heteroatoms. The van der Waals surface area contributed by atoms with Crippen molar-refractivity contribution in [2.24, 2.45) is 5.92 Å². The van der Waals surface area contributed by atoms with E-state index in [1.54, 1.807) is 19.4 Å². The van der Waals surface area contributed by atoms with Crippen LogP contribution in [-0.4, -0.2) is 34.2 Å². The number of pyridine rings is 1. The lowest BCUT2D eigenvalue weighted by Crippen LogP contribution is -2.38. The first-order valence-corrected chi connectivity index (χ1v) is 10.1. The zero-order valence-corrected chi connectivity index (χ0v) is 16.4. The van der Waals surface area contributed by atoms with Crippen molar-refractivity contribution >= 4 is 10.9 Å². The Morgan fingerprint density at radius 1 is 1.28 bits per heavy atom. The minimum atomic E-state index is -0.367. The molecule has 1 aliphatic carbocycles. The first-order valence-electron chi connectivity index (χ1n) is 10.1. The zero-order valence-electron chi connectivity index (χ0n) is 16.4. The van der Waals surface area contributed by atoms with E-state index in [1.165, 1.54) is 21.9 Å². The second-order valence-electron chi connectivity index (χ2n) is 7.96. The van der Waals surface area contributed by atoms with Gasteiger partial charge in [-0.1, -0.05) is 12.1 Å². The standard InChI is InChI=1S/C22H24N4O3/c1-29-19-4-2-3-15-14(19)6-5-13-11-24-18(20(13)15)8-10-26-21(27)16-12-23-9-7-17(16)25-22(26)28/h2-4,7,9,12-13,18,20,24H,5-6,8,10-11H2,1H3,(H,25,28)/t13-,18?,20+/m0/s1. The number of methoxy groups -OCH3 is 1. The Morgan fingerprint density at radius 3 is 3.03 bits per heavy atom. The van der Waals surface area contributed by atoms with Gasteiger partial charge in [0, 0.05) is 30.9 Å². The Kier molecular flexibility index (Phi) is 4.47. The number of aromatic amines is 1. The summed E-state index contributed by atoms with van der Waals surface area (Å²) in [5.41, 5.74) is 2.53. The lowest BCUT2D eigenvalue weighted by atomic mass is 9.73. The molecule has 7 nitrogen and oxygen atoms in total. The van der Waals surface area contributed by atoms with Crippen molar-refractivity contribution in [1.82, 2.24) is 19.9 Å². The van der Waals surface area contributed by atoms with Gasteiger partial charge in [0.25, 0.3) is 5.56 Å². The fourth-order valence-electron chi connectivity index (χ4n) is 5.17. The number of hydrogen-bond donors (Lipinski definition) is 2. The monoisotopic (exact) mass is 392 g/mol. The highest BCUT2D eigenvalue weighted by atomic mass is 16.5. The molecule has 2 aromatic heterocycles. The van der Waals surface area contributed by atoms with Crippen molar-refractivity contribution in [2.75, 3.05) is 13.7 Å². The summed E-state index contributed by atoms with van der Waals surface area (Å²) in [6.07, 6.45) is 5.96. The third-order valence-electron chi connectivity index (χ3n) is 6.54. The number of aromatic nitrogens is 3. The van der Waals surface area contributed by atoms with Crippen molar-refractivity contribution in [1.29, 1.82) is 0 Å². The van der Waals surface area contributed by atoms with Crippen LogP contribution >= 0.6 is 0 Å². The van der Waals surface area contributed by atoms with Gasteiger partial charge in [-0.25, -0.2) is 4.79 Å². The number of rotatable bonds is 4. The van der Waals surface area contributed by atoms with Crippen LogP contribution in [0.5, 0.6) is 5.75 Å². The summed E-state index contributed by atoms with van der Waals surface area (Å²) < 4.78 is 6.88. The first-order chi connectivity index (χ1) is 14.2. The van der Waals surface area contributed by atoms with E-state index < -0.39 is 0 Å². The molecule has 3 aromatic rings. The number of nitrogens with zero attached hydrogens (tertiary/aromatic N) is 2. The molecule has 1 unspecified atom stereocenters. The van der Waals surface area contributed by atoms with Crippen molar-refractivity contribution in [3.63, 3.8) is 0 Å². The average molecular weight is 392 g/mol. The summed E-state index contributed by atoms with van der Waals surface area (Å²) in [5.74, 6) is 1.92. The molecule has 2 N–H and O–H groups in total. The summed E-state index contributed by atoms with van der Waals surface area (Å²) in [5, 5.41) is 4.08. The van der Waals surface area contributed by atoms with Crippen LogP contribution in [0.15, 0.2) is 46.2 Å². The molecule has 0 radical (unpaired) electrons. The van der Waals surface area contributed by atoms with Gasteiger partial charge in [0.15, 0.2) is 0 Å². The zero-order chi connectivity index (χ0) is 20.0. The predicted octanol–water partition coefficient (Wildman–Crippen LogP) is 1.80. The molecule has 0 bridgehead atoms. The van der Waals surface area contributed by atoms with Gasteiger partial charge in [0.05, 0.1) is 18.0 Å². The molecule has 0 saturated carbocycles. The van der Waals surface area contributed by atoms with Crippen LogP contribution in [0.25, 0.3) is 10.9 Å².